The van der Waals surface area contributed by atoms with Gasteiger partial charge in [-0.2, -0.15) is 0 Å². The van der Waals surface area contributed by atoms with Crippen LogP contribution in [0.4, 0.5) is 0 Å². The molecule has 2 N–H and O–H groups in total. The van der Waals surface area contributed by atoms with Crippen LogP contribution >= 0.6 is 0 Å². The van der Waals surface area contributed by atoms with E-state index in [0.29, 0.717) is 0 Å². The van der Waals surface area contributed by atoms with Crippen molar-refractivity contribution in [3.8, 4) is 0 Å². The standard InChI is InChI=1S/C15H13N3/c16-13-6-9-18-14-5-8-17-7-4-10(14)11-2-1-3-12(13)15(11)18/h1-4,6-8H,5,9,16H2. The summed E-state index contributed by atoms with van der Waals surface area (Å²) in [7, 11) is 0. The first-order valence-corrected chi connectivity index (χ1v) is 6.14. The molecule has 88 valence electrons. The molecule has 0 saturated carbocycles. The Morgan fingerprint density at radius 3 is 3.17 bits per heavy atom. The number of allylic oxidation sites excluding steroid dienone is 1. The number of aliphatic imine (C=N–C) groups is 1. The largest absolute Gasteiger partial charge is 0.398 e. The maximum absolute atomic E-state index is 6.10. The summed E-state index contributed by atoms with van der Waals surface area (Å²) in [6, 6.07) is 6.34. The minimum Gasteiger partial charge on any atom is -0.398 e. The van der Waals surface area contributed by atoms with Gasteiger partial charge in [-0.25, -0.2) is 0 Å². The number of benzene rings is 1. The van der Waals surface area contributed by atoms with Gasteiger partial charge in [0.05, 0.1) is 5.52 Å². The highest BCUT2D eigenvalue weighted by Gasteiger charge is 2.20. The lowest BCUT2D eigenvalue weighted by Crippen LogP contribution is -2.11. The summed E-state index contributed by atoms with van der Waals surface area (Å²) in [5.74, 6) is 0. The summed E-state index contributed by atoms with van der Waals surface area (Å²) in [6.07, 6.45) is 8.91. The maximum Gasteiger partial charge on any atom is 0.0586 e. The van der Waals surface area contributed by atoms with E-state index in [-0.39, 0.29) is 0 Å². The van der Waals surface area contributed by atoms with Crippen molar-refractivity contribution in [1.82, 2.24) is 4.57 Å². The predicted molar refractivity (Wildman–Crippen MR) is 75.3 cm³/mol. The molecule has 1 aromatic carbocycles. The zero-order valence-electron chi connectivity index (χ0n) is 9.93. The Hall–Kier alpha value is -2.29. The number of rotatable bonds is 0. The highest BCUT2D eigenvalue weighted by atomic mass is 15.0. The van der Waals surface area contributed by atoms with Crippen molar-refractivity contribution in [1.29, 1.82) is 0 Å². The molecule has 0 bridgehead atoms. The zero-order chi connectivity index (χ0) is 12.1. The molecule has 1 aromatic heterocycles. The summed E-state index contributed by atoms with van der Waals surface area (Å²) >= 11 is 0. The van der Waals surface area contributed by atoms with E-state index in [0.717, 1.165) is 24.2 Å². The molecule has 0 unspecified atom stereocenters. The third kappa shape index (κ3) is 1.11. The second kappa shape index (κ2) is 3.35. The molecule has 0 radical (unpaired) electrons. The third-order valence-electron chi connectivity index (χ3n) is 3.75. The normalized spacial score (nSPS) is 16.6. The van der Waals surface area contributed by atoms with Crippen molar-refractivity contribution in [3.05, 3.63) is 47.3 Å². The van der Waals surface area contributed by atoms with E-state index >= 15 is 0 Å². The van der Waals surface area contributed by atoms with Crippen molar-refractivity contribution in [2.75, 3.05) is 0 Å². The third-order valence-corrected chi connectivity index (χ3v) is 3.75. The fourth-order valence-corrected chi connectivity index (χ4v) is 2.95. The first-order valence-electron chi connectivity index (χ1n) is 6.14. The average Bonchev–Trinajstić information content (AvgIpc) is 2.57. The first kappa shape index (κ1) is 9.71. The average molecular weight is 235 g/mol. The second-order valence-corrected chi connectivity index (χ2v) is 4.68. The number of nitrogens with two attached hydrogens (primary N) is 1. The molecule has 2 aromatic rings. The van der Waals surface area contributed by atoms with Gasteiger partial charge >= 0.3 is 0 Å². The van der Waals surface area contributed by atoms with E-state index in [4.69, 9.17) is 5.73 Å². The van der Waals surface area contributed by atoms with Crippen LogP contribution in [0.25, 0.3) is 22.7 Å². The smallest absolute Gasteiger partial charge is 0.0586 e. The predicted octanol–water partition coefficient (Wildman–Crippen LogP) is 2.55. The van der Waals surface area contributed by atoms with Gasteiger partial charge in [0, 0.05) is 53.3 Å². The second-order valence-electron chi connectivity index (χ2n) is 4.68. The van der Waals surface area contributed by atoms with Crippen molar-refractivity contribution < 1.29 is 0 Å². The minimum atomic E-state index is 0.858. The first-order chi connectivity index (χ1) is 8.86. The van der Waals surface area contributed by atoms with E-state index in [1.54, 1.807) is 0 Å². The Bertz CT molecular complexity index is 745. The highest BCUT2D eigenvalue weighted by molar-refractivity contribution is 5.99. The van der Waals surface area contributed by atoms with Gasteiger partial charge in [-0.15, -0.1) is 0 Å². The number of para-hydroxylation sites is 1. The molecule has 3 heterocycles. The van der Waals surface area contributed by atoms with Crippen LogP contribution in [-0.2, 0) is 13.0 Å². The molecule has 3 nitrogen and oxygen atoms in total. The van der Waals surface area contributed by atoms with Crippen molar-refractivity contribution in [2.45, 2.75) is 13.0 Å². The molecule has 3 heteroatoms. The Kier molecular flexibility index (Phi) is 1.81. The summed E-state index contributed by atoms with van der Waals surface area (Å²) in [4.78, 5) is 4.24. The van der Waals surface area contributed by atoms with Crippen LogP contribution in [0.2, 0.25) is 0 Å². The fourth-order valence-electron chi connectivity index (χ4n) is 2.95. The Morgan fingerprint density at radius 1 is 1.28 bits per heavy atom. The van der Waals surface area contributed by atoms with Crippen molar-refractivity contribution in [2.24, 2.45) is 10.7 Å². The lowest BCUT2D eigenvalue weighted by molar-refractivity contribution is 0.808. The molecule has 0 fully saturated rings. The van der Waals surface area contributed by atoms with Gasteiger partial charge in [0.2, 0.25) is 0 Å². The molecule has 18 heavy (non-hydrogen) atoms. The molecular formula is C15H13N3. The number of hydrogen-bond donors (Lipinski definition) is 1. The van der Waals surface area contributed by atoms with Crippen LogP contribution in [0, 0.1) is 0 Å². The molecule has 0 spiro atoms. The van der Waals surface area contributed by atoms with Crippen LogP contribution in [-0.4, -0.2) is 10.8 Å². The van der Waals surface area contributed by atoms with Gasteiger partial charge in [-0.05, 0) is 12.2 Å². The van der Waals surface area contributed by atoms with E-state index in [1.807, 2.05) is 12.4 Å². The molecular weight excluding hydrogens is 222 g/mol. The van der Waals surface area contributed by atoms with Gasteiger partial charge in [-0.1, -0.05) is 18.2 Å². The van der Waals surface area contributed by atoms with E-state index < -0.39 is 0 Å². The summed E-state index contributed by atoms with van der Waals surface area (Å²) in [5.41, 5.74) is 12.0. The number of hydrogen-bond acceptors (Lipinski definition) is 2. The lowest BCUT2D eigenvalue weighted by atomic mass is 10.0. The lowest BCUT2D eigenvalue weighted by Gasteiger charge is -2.16. The molecule has 0 saturated heterocycles. The molecule has 0 amide bonds. The van der Waals surface area contributed by atoms with Crippen LogP contribution < -0.4 is 5.73 Å². The van der Waals surface area contributed by atoms with E-state index in [9.17, 15) is 0 Å². The summed E-state index contributed by atoms with van der Waals surface area (Å²) in [6.45, 7) is 0.858. The van der Waals surface area contributed by atoms with E-state index in [1.165, 1.54) is 22.2 Å². The molecule has 2 aliphatic heterocycles. The Balaban J connectivity index is 2.18. The van der Waals surface area contributed by atoms with Crippen LogP contribution in [0.15, 0.2) is 35.5 Å². The summed E-state index contributed by atoms with van der Waals surface area (Å²) < 4.78 is 2.36. The zero-order valence-corrected chi connectivity index (χ0v) is 9.93. The summed E-state index contributed by atoms with van der Waals surface area (Å²) in [5, 5.41) is 1.28. The van der Waals surface area contributed by atoms with Crippen LogP contribution in [0.3, 0.4) is 0 Å². The van der Waals surface area contributed by atoms with Gasteiger partial charge in [0.1, 0.15) is 0 Å². The number of nitrogens with zero attached hydrogens (tertiary/aromatic N) is 2. The molecule has 2 aliphatic rings. The topological polar surface area (TPSA) is 43.3 Å². The fraction of sp³-hybridized carbons (Fsp3) is 0.133. The van der Waals surface area contributed by atoms with Gasteiger partial charge < -0.3 is 10.3 Å². The van der Waals surface area contributed by atoms with Crippen molar-refractivity contribution >= 4 is 28.9 Å². The SMILES string of the molecule is NC1=CCn2c3c(c4cccc1c42)C=CN=CC3. The highest BCUT2D eigenvalue weighted by Crippen LogP contribution is 2.35. The van der Waals surface area contributed by atoms with Gasteiger partial charge in [0.25, 0.3) is 0 Å². The van der Waals surface area contributed by atoms with Crippen molar-refractivity contribution in [3.63, 3.8) is 0 Å². The minimum absolute atomic E-state index is 0.858. The van der Waals surface area contributed by atoms with Crippen LogP contribution in [0.5, 0.6) is 0 Å². The van der Waals surface area contributed by atoms with E-state index in [2.05, 4.69) is 39.9 Å². The Labute approximate surface area is 105 Å². The van der Waals surface area contributed by atoms with Crippen LogP contribution in [0.1, 0.15) is 16.8 Å². The molecule has 4 rings (SSSR count). The molecule has 0 aliphatic carbocycles. The number of fused-ring (bicyclic) bond motifs is 3. The quantitative estimate of drug-likeness (QED) is 0.749. The Morgan fingerprint density at radius 2 is 2.22 bits per heavy atom. The van der Waals surface area contributed by atoms with Gasteiger partial charge in [0.15, 0.2) is 0 Å². The van der Waals surface area contributed by atoms with Gasteiger partial charge in [-0.3, -0.25) is 4.99 Å². The monoisotopic (exact) mass is 235 g/mol. The maximum atomic E-state index is 6.10. The number of aromatic nitrogens is 1. The molecule has 0 atom stereocenters.